The summed E-state index contributed by atoms with van der Waals surface area (Å²) in [5.41, 5.74) is 5.76. The normalized spacial score (nSPS) is 13.0. The maximum atomic E-state index is 9.56. The van der Waals surface area contributed by atoms with Gasteiger partial charge < -0.3 is 4.42 Å². The highest BCUT2D eigenvalue weighted by atomic mass is 16.3. The fraction of sp³-hybridized carbons (Fsp3) is 0. The van der Waals surface area contributed by atoms with E-state index in [4.69, 9.17) is 8.53 Å². The van der Waals surface area contributed by atoms with E-state index in [1.165, 1.54) is 0 Å². The molecule has 0 aliphatic carbocycles. The SMILES string of the molecule is [2H]c1c([2H])c(-c2ccc3oc4ccccc4c3c2)c([2H])c(-c2c3ccccc3c(-c3ccccc3)c3ccccc23)c1[2H]. The number of hydrogen-bond acceptors (Lipinski definition) is 1. The largest absolute Gasteiger partial charge is 0.456 e. The Morgan fingerprint density at radius 2 is 0.949 bits per heavy atom. The van der Waals surface area contributed by atoms with Crippen LogP contribution in [-0.2, 0) is 0 Å². The molecular formula is C38H24O. The zero-order chi connectivity index (χ0) is 29.2. The van der Waals surface area contributed by atoms with Gasteiger partial charge in [-0.25, -0.2) is 0 Å². The summed E-state index contributed by atoms with van der Waals surface area (Å²) in [4.78, 5) is 0. The molecule has 0 aliphatic heterocycles. The van der Waals surface area contributed by atoms with E-state index in [9.17, 15) is 1.37 Å². The van der Waals surface area contributed by atoms with Crippen LogP contribution in [0.1, 0.15) is 5.48 Å². The summed E-state index contributed by atoms with van der Waals surface area (Å²) in [6, 6.07) is 39.5. The Morgan fingerprint density at radius 1 is 0.410 bits per heavy atom. The topological polar surface area (TPSA) is 13.1 Å². The summed E-state index contributed by atoms with van der Waals surface area (Å²) in [7, 11) is 0. The molecule has 0 fully saturated rings. The van der Waals surface area contributed by atoms with E-state index in [0.29, 0.717) is 16.7 Å². The van der Waals surface area contributed by atoms with E-state index in [2.05, 4.69) is 24.3 Å². The standard InChI is InChI=1S/C38H24O/c1-2-11-25(12-3-1)37-30-16-4-6-18-32(30)38(33-19-7-5-17-31(33)37)28-14-10-13-26(23-28)27-21-22-36-34(24-27)29-15-8-9-20-35(29)39-36/h1-24H/i10D,13D,14D,23D. The molecule has 8 rings (SSSR count). The Morgan fingerprint density at radius 3 is 1.64 bits per heavy atom. The first-order valence-electron chi connectivity index (χ1n) is 15.0. The molecular weight excluding hydrogens is 472 g/mol. The average Bonchev–Trinajstić information content (AvgIpc) is 3.42. The summed E-state index contributed by atoms with van der Waals surface area (Å²) in [6.07, 6.45) is 0. The van der Waals surface area contributed by atoms with Gasteiger partial charge in [-0.3, -0.25) is 0 Å². The highest BCUT2D eigenvalue weighted by molar-refractivity contribution is 6.21. The smallest absolute Gasteiger partial charge is 0.135 e. The molecule has 182 valence electrons. The van der Waals surface area contributed by atoms with Crippen LogP contribution in [-0.4, -0.2) is 0 Å². The first kappa shape index (κ1) is 18.2. The third-order valence-corrected chi connectivity index (χ3v) is 7.53. The van der Waals surface area contributed by atoms with Gasteiger partial charge in [-0.1, -0.05) is 121 Å². The lowest BCUT2D eigenvalue weighted by atomic mass is 9.85. The van der Waals surface area contributed by atoms with Crippen molar-refractivity contribution in [3.8, 4) is 33.4 Å². The molecule has 8 aromatic rings. The van der Waals surface area contributed by atoms with Gasteiger partial charge in [0.25, 0.3) is 0 Å². The van der Waals surface area contributed by atoms with Gasteiger partial charge in [0.2, 0.25) is 0 Å². The molecule has 0 saturated heterocycles. The molecule has 0 spiro atoms. The van der Waals surface area contributed by atoms with Crippen molar-refractivity contribution < 1.29 is 9.90 Å². The van der Waals surface area contributed by atoms with Crippen molar-refractivity contribution in [1.82, 2.24) is 0 Å². The number of rotatable bonds is 3. The van der Waals surface area contributed by atoms with Gasteiger partial charge in [-0.05, 0) is 79.2 Å². The van der Waals surface area contributed by atoms with Crippen molar-refractivity contribution in [2.45, 2.75) is 0 Å². The van der Waals surface area contributed by atoms with Gasteiger partial charge >= 0.3 is 0 Å². The van der Waals surface area contributed by atoms with Crippen LogP contribution in [0.2, 0.25) is 0 Å². The molecule has 0 N–H and O–H groups in total. The molecule has 1 nitrogen and oxygen atoms in total. The second-order valence-electron chi connectivity index (χ2n) is 9.77. The van der Waals surface area contributed by atoms with E-state index in [1.807, 2.05) is 97.1 Å². The third kappa shape index (κ3) is 3.48. The maximum absolute atomic E-state index is 9.56. The zero-order valence-corrected chi connectivity index (χ0v) is 21.0. The second kappa shape index (κ2) is 8.72. The minimum absolute atomic E-state index is 0.0703. The van der Waals surface area contributed by atoms with Crippen molar-refractivity contribution >= 4 is 43.5 Å². The molecule has 1 aromatic heterocycles. The monoisotopic (exact) mass is 500 g/mol. The first-order chi connectivity index (χ1) is 21.0. The molecule has 0 bridgehead atoms. The number of benzene rings is 7. The zero-order valence-electron chi connectivity index (χ0n) is 25.0. The van der Waals surface area contributed by atoms with E-state index >= 15 is 0 Å². The van der Waals surface area contributed by atoms with Crippen LogP contribution in [0, 0.1) is 0 Å². The lowest BCUT2D eigenvalue weighted by Crippen LogP contribution is -1.91. The second-order valence-corrected chi connectivity index (χ2v) is 9.77. The van der Waals surface area contributed by atoms with Crippen molar-refractivity contribution in [1.29, 1.82) is 0 Å². The molecule has 1 heteroatoms. The molecule has 0 atom stereocenters. The lowest BCUT2D eigenvalue weighted by molar-refractivity contribution is 0.669. The fourth-order valence-electron chi connectivity index (χ4n) is 5.81. The minimum Gasteiger partial charge on any atom is -0.456 e. The van der Waals surface area contributed by atoms with Crippen LogP contribution in [0.25, 0.3) is 76.9 Å². The van der Waals surface area contributed by atoms with E-state index < -0.39 is 0 Å². The van der Waals surface area contributed by atoms with Gasteiger partial charge in [0.05, 0.1) is 5.48 Å². The minimum atomic E-state index is -0.196. The number of furan rings is 1. The Kier molecular flexibility index (Phi) is 4.06. The quantitative estimate of drug-likeness (QED) is 0.220. The molecule has 0 saturated carbocycles. The highest BCUT2D eigenvalue weighted by Gasteiger charge is 2.17. The molecule has 7 aromatic carbocycles. The predicted octanol–water partition coefficient (Wildman–Crippen LogP) is 10.9. The van der Waals surface area contributed by atoms with Gasteiger partial charge in [-0.2, -0.15) is 0 Å². The first-order valence-corrected chi connectivity index (χ1v) is 13.0. The van der Waals surface area contributed by atoms with Crippen molar-refractivity contribution in [3.05, 3.63) is 145 Å². The van der Waals surface area contributed by atoms with Crippen molar-refractivity contribution in [2.75, 3.05) is 0 Å². The summed E-state index contributed by atoms with van der Waals surface area (Å²) in [6.45, 7) is 0. The molecule has 1 heterocycles. The Bertz CT molecular complexity index is 2330. The van der Waals surface area contributed by atoms with Crippen LogP contribution in [0.5, 0.6) is 0 Å². The van der Waals surface area contributed by atoms with E-state index in [-0.39, 0.29) is 24.2 Å². The van der Waals surface area contributed by atoms with Gasteiger partial charge in [0.15, 0.2) is 0 Å². The van der Waals surface area contributed by atoms with Gasteiger partial charge in [-0.15, -0.1) is 0 Å². The summed E-state index contributed by atoms with van der Waals surface area (Å²) < 4.78 is 42.5. The Balaban J connectivity index is 1.49. The van der Waals surface area contributed by atoms with Crippen LogP contribution in [0.3, 0.4) is 0 Å². The molecule has 0 aliphatic rings. The van der Waals surface area contributed by atoms with Gasteiger partial charge in [0.1, 0.15) is 11.2 Å². The van der Waals surface area contributed by atoms with Crippen LogP contribution < -0.4 is 0 Å². The van der Waals surface area contributed by atoms with E-state index in [1.54, 1.807) is 0 Å². The molecule has 0 amide bonds. The van der Waals surface area contributed by atoms with Crippen LogP contribution >= 0.6 is 0 Å². The van der Waals surface area contributed by atoms with Gasteiger partial charge in [0, 0.05) is 10.8 Å². The fourth-order valence-corrected chi connectivity index (χ4v) is 5.81. The van der Waals surface area contributed by atoms with Crippen molar-refractivity contribution in [2.24, 2.45) is 0 Å². The summed E-state index contributed by atoms with van der Waals surface area (Å²) in [5, 5.41) is 5.67. The third-order valence-electron chi connectivity index (χ3n) is 7.53. The molecule has 0 unspecified atom stereocenters. The highest BCUT2D eigenvalue weighted by Crippen LogP contribution is 2.44. The maximum Gasteiger partial charge on any atom is 0.135 e. The Hall–Kier alpha value is -5.14. The predicted molar refractivity (Wildman–Crippen MR) is 165 cm³/mol. The lowest BCUT2D eigenvalue weighted by Gasteiger charge is -2.18. The van der Waals surface area contributed by atoms with E-state index in [0.717, 1.165) is 60.2 Å². The van der Waals surface area contributed by atoms with Crippen molar-refractivity contribution in [3.63, 3.8) is 0 Å². The summed E-state index contributed by atoms with van der Waals surface area (Å²) in [5.74, 6) is 0. The summed E-state index contributed by atoms with van der Waals surface area (Å²) >= 11 is 0. The molecule has 39 heavy (non-hydrogen) atoms. The molecule has 0 radical (unpaired) electrons. The number of para-hydroxylation sites is 1. The van der Waals surface area contributed by atoms with Crippen LogP contribution in [0.15, 0.2) is 150 Å². The Labute approximate surface area is 232 Å². The van der Waals surface area contributed by atoms with Crippen LogP contribution in [0.4, 0.5) is 0 Å². The number of fused-ring (bicyclic) bond motifs is 5. The number of hydrogen-bond donors (Lipinski definition) is 0. The average molecular weight is 501 g/mol.